The Balaban J connectivity index is 1.60. The summed E-state index contributed by atoms with van der Waals surface area (Å²) in [7, 11) is -4.23. The molecule has 2 aromatic rings. The molecule has 3 atom stereocenters. The maximum absolute atomic E-state index is 13.4. The van der Waals surface area contributed by atoms with Crippen molar-refractivity contribution in [2.24, 2.45) is 0 Å². The Kier molecular flexibility index (Phi) is 10.3. The van der Waals surface area contributed by atoms with E-state index in [0.717, 1.165) is 10.4 Å². The first-order valence-corrected chi connectivity index (χ1v) is 14.5. The van der Waals surface area contributed by atoms with Crippen molar-refractivity contribution in [2.45, 2.75) is 69.2 Å². The second-order valence-electron chi connectivity index (χ2n) is 10.1. The summed E-state index contributed by atoms with van der Waals surface area (Å²) in [6.45, 7) is 5.46. The van der Waals surface area contributed by atoms with Gasteiger partial charge in [0.15, 0.2) is 4.90 Å². The zero-order chi connectivity index (χ0) is 29.5. The Morgan fingerprint density at radius 1 is 1.12 bits per heavy atom. The van der Waals surface area contributed by atoms with Crippen LogP contribution in [0.5, 0.6) is 0 Å². The summed E-state index contributed by atoms with van der Waals surface area (Å²) in [4.78, 5) is 34.5. The second kappa shape index (κ2) is 13.2. The fourth-order valence-electron chi connectivity index (χ4n) is 4.06. The first-order chi connectivity index (χ1) is 18.8. The van der Waals surface area contributed by atoms with Crippen LogP contribution < -0.4 is 5.32 Å². The van der Waals surface area contributed by atoms with E-state index < -0.39 is 55.3 Å². The molecule has 1 heterocycles. The number of para-hydroxylation sites is 1. The normalized spacial score (nSPS) is 18.8. The van der Waals surface area contributed by atoms with E-state index in [0.29, 0.717) is 36.4 Å². The standard InChI is InChI=1S/C27H32ClN3O8S/c1-27(2,3)39-25(32)16-15-22-21(30(22)40(36,37)24-14-7-6-13-23(24)31(34)35)12-8-9-17-29-26(33)38-18-19-10-4-5-11-20(19)28/h4-7,10-11,13-16,21-22H,8-9,12,17-18H2,1-3H3,(H,29,33)/b16-15+/t21-,22+,30?/m0/s1. The lowest BCUT2D eigenvalue weighted by Crippen LogP contribution is -2.25. The number of esters is 1. The number of amides is 1. The number of hydrogen-bond acceptors (Lipinski definition) is 8. The van der Waals surface area contributed by atoms with Gasteiger partial charge in [0.2, 0.25) is 0 Å². The first kappa shape index (κ1) is 31.1. The lowest BCUT2D eigenvalue weighted by molar-refractivity contribution is -0.387. The number of rotatable bonds is 12. The topological polar surface area (TPSA) is 145 Å². The summed E-state index contributed by atoms with van der Waals surface area (Å²) in [5, 5.41) is 14.6. The van der Waals surface area contributed by atoms with Gasteiger partial charge in [0, 0.05) is 35.3 Å². The number of nitrogens with zero attached hydrogens (tertiary/aromatic N) is 2. The average Bonchev–Trinajstić information content (AvgIpc) is 3.59. The van der Waals surface area contributed by atoms with Crippen LogP contribution in [0.4, 0.5) is 10.5 Å². The highest BCUT2D eigenvalue weighted by Gasteiger charge is 2.54. The Hall–Kier alpha value is -3.48. The van der Waals surface area contributed by atoms with E-state index in [-0.39, 0.29) is 6.61 Å². The number of alkyl carbamates (subject to hydrolysis) is 1. The van der Waals surface area contributed by atoms with Crippen molar-refractivity contribution in [1.82, 2.24) is 9.62 Å². The molecule has 11 nitrogen and oxygen atoms in total. The molecule has 1 aliphatic rings. The molecule has 40 heavy (non-hydrogen) atoms. The number of carbonyl (C=O) groups is 2. The van der Waals surface area contributed by atoms with Crippen molar-refractivity contribution < 1.29 is 32.4 Å². The molecule has 0 spiro atoms. The number of ether oxygens (including phenoxy) is 2. The molecule has 1 saturated heterocycles. The summed E-state index contributed by atoms with van der Waals surface area (Å²) < 4.78 is 38.4. The summed E-state index contributed by atoms with van der Waals surface area (Å²) in [6, 6.07) is 11.0. The molecule has 1 amide bonds. The third-order valence-corrected chi connectivity index (χ3v) is 8.23. The highest BCUT2D eigenvalue weighted by Crippen LogP contribution is 2.41. The number of sulfonamides is 1. The largest absolute Gasteiger partial charge is 0.457 e. The zero-order valence-electron chi connectivity index (χ0n) is 22.4. The number of nitro benzene ring substituents is 1. The molecule has 0 aromatic heterocycles. The molecule has 0 saturated carbocycles. The van der Waals surface area contributed by atoms with Gasteiger partial charge in [0.1, 0.15) is 12.2 Å². The fraction of sp³-hybridized carbons (Fsp3) is 0.407. The van der Waals surface area contributed by atoms with Gasteiger partial charge in [-0.05, 0) is 45.7 Å². The lowest BCUT2D eigenvalue weighted by atomic mass is 10.1. The zero-order valence-corrected chi connectivity index (χ0v) is 24.0. The predicted molar refractivity (Wildman–Crippen MR) is 148 cm³/mol. The van der Waals surface area contributed by atoms with Crippen LogP contribution in [-0.2, 0) is 30.9 Å². The van der Waals surface area contributed by atoms with Crippen LogP contribution in [0.15, 0.2) is 65.6 Å². The number of nitro groups is 1. The molecule has 1 unspecified atom stereocenters. The third-order valence-electron chi connectivity index (χ3n) is 5.89. The number of halogens is 1. The van der Waals surface area contributed by atoms with Crippen molar-refractivity contribution in [1.29, 1.82) is 0 Å². The number of nitrogens with one attached hydrogen (secondary N) is 1. The van der Waals surface area contributed by atoms with E-state index in [1.165, 1.54) is 30.4 Å². The highest BCUT2D eigenvalue weighted by molar-refractivity contribution is 7.89. The molecule has 0 bridgehead atoms. The molecule has 1 aliphatic heterocycles. The van der Waals surface area contributed by atoms with Gasteiger partial charge in [0.05, 0.1) is 11.0 Å². The summed E-state index contributed by atoms with van der Waals surface area (Å²) in [5.74, 6) is -0.624. The fourth-order valence-corrected chi connectivity index (χ4v) is 6.20. The SMILES string of the molecule is CC(C)(C)OC(=O)/C=C/[C@@H]1[C@H](CCCCNC(=O)OCc2ccccc2Cl)N1S(=O)(=O)c1ccccc1[N+](=O)[O-]. The molecule has 0 aliphatic carbocycles. The Morgan fingerprint density at radius 2 is 1.80 bits per heavy atom. The van der Waals surface area contributed by atoms with E-state index in [1.54, 1.807) is 45.0 Å². The smallest absolute Gasteiger partial charge is 0.407 e. The summed E-state index contributed by atoms with van der Waals surface area (Å²) in [5.41, 5.74) is -0.566. The minimum absolute atomic E-state index is 0.0255. The van der Waals surface area contributed by atoms with E-state index in [4.69, 9.17) is 21.1 Å². The third kappa shape index (κ3) is 8.51. The van der Waals surface area contributed by atoms with Crippen LogP contribution in [0.1, 0.15) is 45.6 Å². The molecule has 1 N–H and O–H groups in total. The summed E-state index contributed by atoms with van der Waals surface area (Å²) in [6.07, 6.45) is 3.47. The Bertz CT molecular complexity index is 1370. The van der Waals surface area contributed by atoms with Crippen LogP contribution in [0.2, 0.25) is 5.02 Å². The maximum atomic E-state index is 13.4. The van der Waals surface area contributed by atoms with Crippen molar-refractivity contribution in [3.05, 3.63) is 81.4 Å². The predicted octanol–water partition coefficient (Wildman–Crippen LogP) is 4.98. The van der Waals surface area contributed by atoms with Crippen LogP contribution in [-0.4, -0.2) is 53.9 Å². The molecule has 1 fully saturated rings. The first-order valence-electron chi connectivity index (χ1n) is 12.6. The number of benzene rings is 2. The van der Waals surface area contributed by atoms with Gasteiger partial charge in [-0.2, -0.15) is 4.31 Å². The van der Waals surface area contributed by atoms with Crippen LogP contribution in [0, 0.1) is 10.1 Å². The summed E-state index contributed by atoms with van der Waals surface area (Å²) >= 11 is 6.05. The van der Waals surface area contributed by atoms with Gasteiger partial charge in [-0.15, -0.1) is 0 Å². The van der Waals surface area contributed by atoms with Crippen molar-refractivity contribution in [3.63, 3.8) is 0 Å². The van der Waals surface area contributed by atoms with E-state index in [1.807, 2.05) is 0 Å². The number of carbonyl (C=O) groups excluding carboxylic acids is 2. The van der Waals surface area contributed by atoms with Gasteiger partial charge in [0.25, 0.3) is 15.7 Å². The molecular formula is C27H32ClN3O8S. The van der Waals surface area contributed by atoms with E-state index >= 15 is 0 Å². The van der Waals surface area contributed by atoms with Crippen molar-refractivity contribution in [3.8, 4) is 0 Å². The number of unbranched alkanes of at least 4 members (excludes halogenated alkanes) is 1. The molecule has 2 aromatic carbocycles. The maximum Gasteiger partial charge on any atom is 0.407 e. The van der Waals surface area contributed by atoms with Gasteiger partial charge in [-0.1, -0.05) is 54.4 Å². The van der Waals surface area contributed by atoms with Gasteiger partial charge < -0.3 is 14.8 Å². The quantitative estimate of drug-likeness (QED) is 0.0905. The van der Waals surface area contributed by atoms with Crippen LogP contribution in [0.25, 0.3) is 0 Å². The molecule has 216 valence electrons. The minimum Gasteiger partial charge on any atom is -0.457 e. The molecule has 3 rings (SSSR count). The van der Waals surface area contributed by atoms with E-state index in [2.05, 4.69) is 5.32 Å². The minimum atomic E-state index is -4.23. The van der Waals surface area contributed by atoms with Crippen molar-refractivity contribution in [2.75, 3.05) is 6.54 Å². The molecule has 13 heteroatoms. The lowest BCUT2D eigenvalue weighted by Gasteiger charge is -2.17. The van der Waals surface area contributed by atoms with Gasteiger partial charge in [-0.25, -0.2) is 18.0 Å². The average molecular weight is 594 g/mol. The number of hydrogen-bond donors (Lipinski definition) is 1. The van der Waals surface area contributed by atoms with Gasteiger partial charge in [-0.3, -0.25) is 10.1 Å². The second-order valence-corrected chi connectivity index (χ2v) is 12.3. The Labute approximate surface area is 238 Å². The van der Waals surface area contributed by atoms with Gasteiger partial charge >= 0.3 is 12.1 Å². The molecule has 0 radical (unpaired) electrons. The monoisotopic (exact) mass is 593 g/mol. The van der Waals surface area contributed by atoms with Crippen molar-refractivity contribution >= 4 is 39.4 Å². The Morgan fingerprint density at radius 3 is 2.48 bits per heavy atom. The van der Waals surface area contributed by atoms with Crippen LogP contribution in [0.3, 0.4) is 0 Å². The van der Waals surface area contributed by atoms with Crippen LogP contribution >= 0.6 is 11.6 Å². The molecular weight excluding hydrogens is 562 g/mol. The van der Waals surface area contributed by atoms with E-state index in [9.17, 15) is 28.1 Å². The highest BCUT2D eigenvalue weighted by atomic mass is 35.5.